The SMILES string of the molecule is COc1ccc(C[C@@H]2OCCc3cc(OC)c(OC)cc32)c(Br)c1. The van der Waals surface area contributed by atoms with Gasteiger partial charge in [0.05, 0.1) is 34.0 Å². The van der Waals surface area contributed by atoms with Gasteiger partial charge in [0, 0.05) is 10.9 Å². The minimum atomic E-state index is -0.00162. The smallest absolute Gasteiger partial charge is 0.161 e. The molecule has 24 heavy (non-hydrogen) atoms. The average molecular weight is 393 g/mol. The van der Waals surface area contributed by atoms with Crippen molar-refractivity contribution in [3.8, 4) is 17.2 Å². The molecule has 0 saturated heterocycles. The van der Waals surface area contributed by atoms with Crippen LogP contribution in [0.4, 0.5) is 0 Å². The van der Waals surface area contributed by atoms with E-state index in [9.17, 15) is 0 Å². The summed E-state index contributed by atoms with van der Waals surface area (Å²) in [5, 5.41) is 0. The summed E-state index contributed by atoms with van der Waals surface area (Å²) in [6.45, 7) is 0.709. The van der Waals surface area contributed by atoms with E-state index in [1.54, 1.807) is 21.3 Å². The van der Waals surface area contributed by atoms with Crippen molar-refractivity contribution in [3.63, 3.8) is 0 Å². The lowest BCUT2D eigenvalue weighted by Crippen LogP contribution is -2.18. The van der Waals surface area contributed by atoms with E-state index >= 15 is 0 Å². The zero-order chi connectivity index (χ0) is 17.1. The Morgan fingerprint density at radius 2 is 1.79 bits per heavy atom. The molecule has 128 valence electrons. The highest BCUT2D eigenvalue weighted by molar-refractivity contribution is 9.10. The maximum atomic E-state index is 6.04. The molecule has 1 heterocycles. The monoisotopic (exact) mass is 392 g/mol. The third kappa shape index (κ3) is 3.37. The second-order valence-corrected chi connectivity index (χ2v) is 6.53. The largest absolute Gasteiger partial charge is 0.497 e. The fourth-order valence-corrected chi connectivity index (χ4v) is 3.56. The Hall–Kier alpha value is -1.72. The lowest BCUT2D eigenvalue weighted by molar-refractivity contribution is 0.0423. The van der Waals surface area contributed by atoms with Crippen LogP contribution in [0.3, 0.4) is 0 Å². The molecule has 0 unspecified atom stereocenters. The summed E-state index contributed by atoms with van der Waals surface area (Å²) in [6, 6.07) is 10.1. The molecule has 0 fully saturated rings. The van der Waals surface area contributed by atoms with Crippen LogP contribution in [0.2, 0.25) is 0 Å². The molecule has 0 bridgehead atoms. The average Bonchev–Trinajstić information content (AvgIpc) is 2.62. The zero-order valence-electron chi connectivity index (χ0n) is 14.1. The van der Waals surface area contributed by atoms with Crippen LogP contribution < -0.4 is 14.2 Å². The maximum absolute atomic E-state index is 6.04. The maximum Gasteiger partial charge on any atom is 0.161 e. The van der Waals surface area contributed by atoms with E-state index in [0.717, 1.165) is 34.6 Å². The predicted molar refractivity (Wildman–Crippen MR) is 96.3 cm³/mol. The van der Waals surface area contributed by atoms with Gasteiger partial charge in [-0.25, -0.2) is 0 Å². The Balaban J connectivity index is 1.92. The molecular formula is C19H21BrO4. The number of fused-ring (bicyclic) bond motifs is 1. The van der Waals surface area contributed by atoms with Crippen molar-refractivity contribution in [3.05, 3.63) is 51.5 Å². The van der Waals surface area contributed by atoms with E-state index in [-0.39, 0.29) is 6.10 Å². The van der Waals surface area contributed by atoms with Crippen LogP contribution in [0.15, 0.2) is 34.8 Å². The van der Waals surface area contributed by atoms with Gasteiger partial charge in [-0.3, -0.25) is 0 Å². The number of halogens is 1. The Bertz CT molecular complexity index is 730. The molecule has 0 aliphatic carbocycles. The van der Waals surface area contributed by atoms with Gasteiger partial charge in [-0.1, -0.05) is 22.0 Å². The van der Waals surface area contributed by atoms with E-state index in [2.05, 4.69) is 28.1 Å². The molecule has 0 aromatic heterocycles. The number of rotatable bonds is 5. The van der Waals surface area contributed by atoms with Gasteiger partial charge in [-0.15, -0.1) is 0 Å². The first kappa shape index (κ1) is 17.1. The van der Waals surface area contributed by atoms with Crippen molar-refractivity contribution in [2.75, 3.05) is 27.9 Å². The molecule has 2 aromatic rings. The summed E-state index contributed by atoms with van der Waals surface area (Å²) in [5.74, 6) is 2.34. The van der Waals surface area contributed by atoms with E-state index < -0.39 is 0 Å². The highest BCUT2D eigenvalue weighted by Crippen LogP contribution is 2.39. The van der Waals surface area contributed by atoms with E-state index in [4.69, 9.17) is 18.9 Å². The lowest BCUT2D eigenvalue weighted by Gasteiger charge is -2.27. The Kier molecular flexibility index (Phi) is 5.31. The second kappa shape index (κ2) is 7.45. The standard InChI is InChI=1S/C19H21BrO4/c1-21-14-5-4-13(16(20)10-14)9-17-15-11-19(23-3)18(22-2)8-12(15)6-7-24-17/h4-5,8,10-11,17H,6-7,9H2,1-3H3/t17-/m0/s1. The van der Waals surface area contributed by atoms with Gasteiger partial charge in [0.15, 0.2) is 11.5 Å². The number of hydrogen-bond donors (Lipinski definition) is 0. The summed E-state index contributed by atoms with van der Waals surface area (Å²) >= 11 is 3.63. The molecule has 0 radical (unpaired) electrons. The fraction of sp³-hybridized carbons (Fsp3) is 0.368. The van der Waals surface area contributed by atoms with E-state index in [1.807, 2.05) is 18.2 Å². The molecule has 3 rings (SSSR count). The quantitative estimate of drug-likeness (QED) is 0.758. The van der Waals surface area contributed by atoms with Crippen LogP contribution in [-0.2, 0) is 17.6 Å². The van der Waals surface area contributed by atoms with Gasteiger partial charge in [0.25, 0.3) is 0 Å². The second-order valence-electron chi connectivity index (χ2n) is 5.68. The van der Waals surface area contributed by atoms with Crippen molar-refractivity contribution in [1.82, 2.24) is 0 Å². The summed E-state index contributed by atoms with van der Waals surface area (Å²) in [5.41, 5.74) is 3.61. The van der Waals surface area contributed by atoms with Crippen LogP contribution in [0, 0.1) is 0 Å². The van der Waals surface area contributed by atoms with Gasteiger partial charge >= 0.3 is 0 Å². The van der Waals surface area contributed by atoms with Crippen LogP contribution in [-0.4, -0.2) is 27.9 Å². The summed E-state index contributed by atoms with van der Waals surface area (Å²) in [7, 11) is 4.99. The van der Waals surface area contributed by atoms with Crippen molar-refractivity contribution in [2.45, 2.75) is 18.9 Å². The molecule has 0 saturated carbocycles. The molecule has 1 aliphatic rings. The normalized spacial score (nSPS) is 16.4. The van der Waals surface area contributed by atoms with Crippen molar-refractivity contribution in [2.24, 2.45) is 0 Å². The lowest BCUT2D eigenvalue weighted by atomic mass is 9.92. The number of benzene rings is 2. The Morgan fingerprint density at radius 1 is 1.04 bits per heavy atom. The first-order chi connectivity index (χ1) is 11.7. The van der Waals surface area contributed by atoms with E-state index in [1.165, 1.54) is 16.7 Å². The molecule has 1 aliphatic heterocycles. The molecule has 0 spiro atoms. The van der Waals surface area contributed by atoms with Crippen LogP contribution in [0.1, 0.15) is 22.8 Å². The topological polar surface area (TPSA) is 36.9 Å². The van der Waals surface area contributed by atoms with Gasteiger partial charge in [0.1, 0.15) is 5.75 Å². The molecule has 1 atom stereocenters. The molecule has 0 amide bonds. The van der Waals surface area contributed by atoms with Crippen LogP contribution >= 0.6 is 15.9 Å². The molecule has 0 N–H and O–H groups in total. The first-order valence-electron chi connectivity index (χ1n) is 7.85. The van der Waals surface area contributed by atoms with Gasteiger partial charge in [0.2, 0.25) is 0 Å². The summed E-state index contributed by atoms with van der Waals surface area (Å²) < 4.78 is 23.2. The predicted octanol–water partition coefficient (Wildman–Crippen LogP) is 4.33. The highest BCUT2D eigenvalue weighted by Gasteiger charge is 2.24. The van der Waals surface area contributed by atoms with Gasteiger partial charge in [-0.05, 0) is 47.4 Å². The van der Waals surface area contributed by atoms with Crippen molar-refractivity contribution >= 4 is 15.9 Å². The third-order valence-corrected chi connectivity index (χ3v) is 5.09. The van der Waals surface area contributed by atoms with E-state index in [0.29, 0.717) is 6.61 Å². The molecular weight excluding hydrogens is 372 g/mol. The van der Waals surface area contributed by atoms with Crippen LogP contribution in [0.5, 0.6) is 17.2 Å². The molecule has 5 heteroatoms. The van der Waals surface area contributed by atoms with Gasteiger partial charge < -0.3 is 18.9 Å². The highest BCUT2D eigenvalue weighted by atomic mass is 79.9. The number of methoxy groups -OCH3 is 3. The minimum absolute atomic E-state index is 0.00162. The van der Waals surface area contributed by atoms with Gasteiger partial charge in [-0.2, -0.15) is 0 Å². The van der Waals surface area contributed by atoms with Crippen LogP contribution in [0.25, 0.3) is 0 Å². The Morgan fingerprint density at radius 3 is 2.46 bits per heavy atom. The zero-order valence-corrected chi connectivity index (χ0v) is 15.7. The number of hydrogen-bond acceptors (Lipinski definition) is 4. The van der Waals surface area contributed by atoms with Crippen molar-refractivity contribution < 1.29 is 18.9 Å². The fourth-order valence-electron chi connectivity index (χ4n) is 3.04. The summed E-state index contributed by atoms with van der Waals surface area (Å²) in [4.78, 5) is 0. The molecule has 2 aromatic carbocycles. The summed E-state index contributed by atoms with van der Waals surface area (Å²) in [6.07, 6.45) is 1.67. The molecule has 4 nitrogen and oxygen atoms in total. The first-order valence-corrected chi connectivity index (χ1v) is 8.64. The Labute approximate surface area is 150 Å². The third-order valence-electron chi connectivity index (χ3n) is 4.35. The van der Waals surface area contributed by atoms with Crippen molar-refractivity contribution in [1.29, 1.82) is 0 Å². The number of ether oxygens (including phenoxy) is 4. The minimum Gasteiger partial charge on any atom is -0.497 e.